The third-order valence-electron chi connectivity index (χ3n) is 7.90. The van der Waals surface area contributed by atoms with E-state index < -0.39 is 12.1 Å². The fraction of sp³-hybridized carbons (Fsp3) is 0.500. The van der Waals surface area contributed by atoms with Gasteiger partial charge in [0.2, 0.25) is 11.8 Å². The standard InChI is InChI=1S/C28H35N5O4S/c1-17(29-2)26(35)31-25(18-10-13-37-14-11-18)28(36)33-12-6-9-23(33)27-30-21(16-38-27)20-15-24(34)32(3)22-8-5-4-7-19(20)22/h4-5,7-8,15-18,23,25,29H,6,9-14H2,1-3H3,(H,31,35)/t17-,23-,25-/m0/s1. The Morgan fingerprint density at radius 2 is 1.95 bits per heavy atom. The van der Waals surface area contributed by atoms with Crippen LogP contribution >= 0.6 is 11.3 Å². The second kappa shape index (κ2) is 11.3. The molecular weight excluding hydrogens is 502 g/mol. The molecule has 0 saturated carbocycles. The molecule has 2 fully saturated rings. The lowest BCUT2D eigenvalue weighted by atomic mass is 9.90. The molecule has 0 bridgehead atoms. The molecule has 10 heteroatoms. The first kappa shape index (κ1) is 26.5. The van der Waals surface area contributed by atoms with Gasteiger partial charge < -0.3 is 24.8 Å². The fourth-order valence-electron chi connectivity index (χ4n) is 5.49. The van der Waals surface area contributed by atoms with E-state index in [0.29, 0.717) is 19.8 Å². The van der Waals surface area contributed by atoms with Crippen molar-refractivity contribution in [2.45, 2.75) is 50.7 Å². The van der Waals surface area contributed by atoms with Gasteiger partial charge in [-0.1, -0.05) is 18.2 Å². The van der Waals surface area contributed by atoms with E-state index in [4.69, 9.17) is 9.72 Å². The number of para-hydroxylation sites is 1. The molecule has 1 aromatic carbocycles. The van der Waals surface area contributed by atoms with Crippen LogP contribution in [0.25, 0.3) is 22.2 Å². The van der Waals surface area contributed by atoms with Crippen LogP contribution in [0.5, 0.6) is 0 Å². The summed E-state index contributed by atoms with van der Waals surface area (Å²) in [7, 11) is 3.51. The Morgan fingerprint density at radius 1 is 1.18 bits per heavy atom. The van der Waals surface area contributed by atoms with Gasteiger partial charge in [-0.25, -0.2) is 4.98 Å². The number of hydrogen-bond donors (Lipinski definition) is 2. The number of aryl methyl sites for hydroxylation is 1. The van der Waals surface area contributed by atoms with Crippen LogP contribution in [0.1, 0.15) is 43.7 Å². The molecule has 2 aliphatic rings. The number of likely N-dealkylation sites (tertiary alicyclic amines) is 1. The number of likely N-dealkylation sites (N-methyl/N-ethyl adjacent to an activating group) is 1. The Hall–Kier alpha value is -3.08. The van der Waals surface area contributed by atoms with Crippen molar-refractivity contribution < 1.29 is 14.3 Å². The van der Waals surface area contributed by atoms with Crippen LogP contribution in [0.15, 0.2) is 40.5 Å². The first-order valence-electron chi connectivity index (χ1n) is 13.3. The summed E-state index contributed by atoms with van der Waals surface area (Å²) in [6, 6.07) is 8.31. The molecule has 0 aliphatic carbocycles. The van der Waals surface area contributed by atoms with Crippen LogP contribution in [0.2, 0.25) is 0 Å². The lowest BCUT2D eigenvalue weighted by Gasteiger charge is -2.35. The van der Waals surface area contributed by atoms with Crippen molar-refractivity contribution in [1.82, 2.24) is 25.1 Å². The number of carbonyl (C=O) groups excluding carboxylic acids is 2. The van der Waals surface area contributed by atoms with Crippen LogP contribution in [-0.4, -0.2) is 65.2 Å². The van der Waals surface area contributed by atoms with Gasteiger partial charge in [0.1, 0.15) is 11.0 Å². The van der Waals surface area contributed by atoms with Gasteiger partial charge in [0.15, 0.2) is 0 Å². The zero-order valence-corrected chi connectivity index (χ0v) is 22.9. The minimum absolute atomic E-state index is 0.0317. The predicted molar refractivity (Wildman–Crippen MR) is 148 cm³/mol. The highest BCUT2D eigenvalue weighted by atomic mass is 32.1. The number of nitrogens with one attached hydrogen (secondary N) is 2. The molecule has 0 unspecified atom stereocenters. The van der Waals surface area contributed by atoms with E-state index in [-0.39, 0.29) is 29.3 Å². The molecule has 3 aromatic rings. The Labute approximate surface area is 226 Å². The largest absolute Gasteiger partial charge is 0.381 e. The summed E-state index contributed by atoms with van der Waals surface area (Å²) < 4.78 is 7.17. The molecule has 202 valence electrons. The van der Waals surface area contributed by atoms with Gasteiger partial charge in [-0.2, -0.15) is 0 Å². The minimum atomic E-state index is -0.594. The summed E-state index contributed by atoms with van der Waals surface area (Å²) in [4.78, 5) is 46.3. The van der Waals surface area contributed by atoms with Crippen molar-refractivity contribution in [3.63, 3.8) is 0 Å². The van der Waals surface area contributed by atoms with E-state index >= 15 is 0 Å². The number of pyridine rings is 1. The zero-order valence-electron chi connectivity index (χ0n) is 22.1. The van der Waals surface area contributed by atoms with Crippen LogP contribution < -0.4 is 16.2 Å². The van der Waals surface area contributed by atoms with Gasteiger partial charge in [-0.3, -0.25) is 14.4 Å². The second-order valence-electron chi connectivity index (χ2n) is 10.2. The average Bonchev–Trinajstić information content (AvgIpc) is 3.63. The van der Waals surface area contributed by atoms with Crippen LogP contribution in [0, 0.1) is 5.92 Å². The number of aromatic nitrogens is 2. The minimum Gasteiger partial charge on any atom is -0.381 e. The zero-order chi connectivity index (χ0) is 26.8. The average molecular weight is 538 g/mol. The number of rotatable bonds is 7. The molecule has 9 nitrogen and oxygen atoms in total. The topological polar surface area (TPSA) is 106 Å². The monoisotopic (exact) mass is 537 g/mol. The Bertz CT molecular complexity index is 1380. The maximum absolute atomic E-state index is 14.0. The van der Waals surface area contributed by atoms with Gasteiger partial charge in [-0.05, 0) is 51.6 Å². The van der Waals surface area contributed by atoms with E-state index in [2.05, 4.69) is 10.6 Å². The number of thiazole rings is 1. The van der Waals surface area contributed by atoms with Crippen molar-refractivity contribution in [2.24, 2.45) is 13.0 Å². The molecule has 2 aromatic heterocycles. The Balaban J connectivity index is 1.43. The summed E-state index contributed by atoms with van der Waals surface area (Å²) in [5.41, 5.74) is 2.32. The molecule has 5 rings (SSSR count). The summed E-state index contributed by atoms with van der Waals surface area (Å²) in [6.45, 7) is 3.60. The SMILES string of the molecule is CN[C@@H](C)C(=O)N[C@H](C(=O)N1CCC[C@H]1c1nc(-c2cc(=O)n(C)c3ccccc23)cs1)C1CCOCC1. The summed E-state index contributed by atoms with van der Waals surface area (Å²) in [6.07, 6.45) is 3.17. The number of carbonyl (C=O) groups is 2. The van der Waals surface area contributed by atoms with Crippen molar-refractivity contribution in [1.29, 1.82) is 0 Å². The summed E-state index contributed by atoms with van der Waals surface area (Å²) >= 11 is 1.52. The third kappa shape index (κ3) is 5.12. The number of amides is 2. The van der Waals surface area contributed by atoms with E-state index in [1.807, 2.05) is 34.5 Å². The second-order valence-corrected chi connectivity index (χ2v) is 11.1. The molecule has 4 heterocycles. The Kier molecular flexibility index (Phi) is 7.92. The molecular formula is C28H35N5O4S. The van der Waals surface area contributed by atoms with Crippen molar-refractivity contribution in [2.75, 3.05) is 26.8 Å². The predicted octanol–water partition coefficient (Wildman–Crippen LogP) is 2.84. The summed E-state index contributed by atoms with van der Waals surface area (Å²) in [5, 5.41) is 9.81. The highest BCUT2D eigenvalue weighted by Crippen LogP contribution is 2.38. The molecule has 0 spiro atoms. The van der Waals surface area contributed by atoms with Gasteiger partial charge in [0.25, 0.3) is 5.56 Å². The first-order chi connectivity index (χ1) is 18.4. The number of fused-ring (bicyclic) bond motifs is 1. The number of ether oxygens (including phenoxy) is 1. The first-order valence-corrected chi connectivity index (χ1v) is 14.2. The van der Waals surface area contributed by atoms with Crippen molar-refractivity contribution >= 4 is 34.1 Å². The number of benzene rings is 1. The van der Waals surface area contributed by atoms with Crippen LogP contribution in [-0.2, 0) is 21.4 Å². The van der Waals surface area contributed by atoms with Gasteiger partial charge >= 0.3 is 0 Å². The highest BCUT2D eigenvalue weighted by Gasteiger charge is 2.40. The highest BCUT2D eigenvalue weighted by molar-refractivity contribution is 7.10. The summed E-state index contributed by atoms with van der Waals surface area (Å²) in [5.74, 6) is -0.196. The third-order valence-corrected chi connectivity index (χ3v) is 8.85. The molecule has 3 atom stereocenters. The molecule has 2 aliphatic heterocycles. The van der Waals surface area contributed by atoms with E-state index in [9.17, 15) is 14.4 Å². The molecule has 38 heavy (non-hydrogen) atoms. The normalized spacial score (nSPS) is 20.0. The smallest absolute Gasteiger partial charge is 0.251 e. The van der Waals surface area contributed by atoms with Gasteiger partial charge in [0.05, 0.1) is 23.3 Å². The Morgan fingerprint density at radius 3 is 2.71 bits per heavy atom. The molecule has 2 saturated heterocycles. The van der Waals surface area contributed by atoms with Crippen LogP contribution in [0.3, 0.4) is 0 Å². The van der Waals surface area contributed by atoms with Crippen molar-refractivity contribution in [3.8, 4) is 11.3 Å². The van der Waals surface area contributed by atoms with E-state index in [1.165, 1.54) is 11.3 Å². The maximum Gasteiger partial charge on any atom is 0.251 e. The molecule has 2 amide bonds. The lowest BCUT2D eigenvalue weighted by Crippen LogP contribution is -2.56. The van der Waals surface area contributed by atoms with E-state index in [1.54, 1.807) is 31.7 Å². The van der Waals surface area contributed by atoms with E-state index in [0.717, 1.165) is 52.9 Å². The van der Waals surface area contributed by atoms with Crippen LogP contribution in [0.4, 0.5) is 0 Å². The van der Waals surface area contributed by atoms with Gasteiger partial charge in [0, 0.05) is 49.2 Å². The molecule has 0 radical (unpaired) electrons. The fourth-order valence-corrected chi connectivity index (χ4v) is 6.46. The maximum atomic E-state index is 14.0. The van der Waals surface area contributed by atoms with Crippen molar-refractivity contribution in [3.05, 3.63) is 51.1 Å². The molecule has 2 N–H and O–H groups in total. The number of nitrogens with zero attached hydrogens (tertiary/aromatic N) is 3. The number of hydrogen-bond acceptors (Lipinski definition) is 7. The quantitative estimate of drug-likeness (QED) is 0.480. The lowest BCUT2D eigenvalue weighted by molar-refractivity contribution is -0.140. The van der Waals surface area contributed by atoms with Gasteiger partial charge in [-0.15, -0.1) is 11.3 Å².